The summed E-state index contributed by atoms with van der Waals surface area (Å²) in [6, 6.07) is 9.08. The number of benzene rings is 1. The number of rotatable bonds is 6. The fourth-order valence-electron chi connectivity index (χ4n) is 4.27. The summed E-state index contributed by atoms with van der Waals surface area (Å²) in [5.41, 5.74) is 2.72. The first kappa shape index (κ1) is 17.2. The molecule has 4 rings (SSSR count). The molecule has 1 aliphatic carbocycles. The van der Waals surface area contributed by atoms with E-state index in [1.807, 2.05) is 6.07 Å². The molecule has 138 valence electrons. The van der Waals surface area contributed by atoms with Crippen LogP contribution in [0.25, 0.3) is 0 Å². The van der Waals surface area contributed by atoms with Crippen LogP contribution in [0.3, 0.4) is 0 Å². The van der Waals surface area contributed by atoms with Gasteiger partial charge in [-0.15, -0.1) is 0 Å². The third-order valence-electron chi connectivity index (χ3n) is 5.62. The molecule has 3 atom stereocenters. The fraction of sp³-hybridized carbons (Fsp3) is 0.500. The molecule has 6 nitrogen and oxygen atoms in total. The maximum absolute atomic E-state index is 5.62. The Morgan fingerprint density at radius 1 is 1.27 bits per heavy atom. The molecule has 1 unspecified atom stereocenters. The van der Waals surface area contributed by atoms with Gasteiger partial charge in [0.15, 0.2) is 0 Å². The van der Waals surface area contributed by atoms with Gasteiger partial charge in [-0.2, -0.15) is 0 Å². The SMILES string of the molecule is COc1cccc2c1CCC2NC[C@H]1C[C@@H](OC)CN1c1ccncn1. The number of aromatic nitrogens is 2. The lowest BCUT2D eigenvalue weighted by molar-refractivity contribution is 0.118. The summed E-state index contributed by atoms with van der Waals surface area (Å²) in [6.07, 6.45) is 6.84. The molecule has 1 aliphatic heterocycles. The summed E-state index contributed by atoms with van der Waals surface area (Å²) in [5.74, 6) is 1.98. The Hall–Kier alpha value is -2.18. The van der Waals surface area contributed by atoms with E-state index in [9.17, 15) is 0 Å². The van der Waals surface area contributed by atoms with E-state index >= 15 is 0 Å². The van der Waals surface area contributed by atoms with Gasteiger partial charge in [0, 0.05) is 38.5 Å². The van der Waals surface area contributed by atoms with Gasteiger partial charge in [0.2, 0.25) is 0 Å². The van der Waals surface area contributed by atoms with E-state index in [0.29, 0.717) is 12.1 Å². The lowest BCUT2D eigenvalue weighted by Gasteiger charge is -2.27. The molecule has 1 aromatic heterocycles. The number of nitrogens with one attached hydrogen (secondary N) is 1. The third-order valence-corrected chi connectivity index (χ3v) is 5.62. The lowest BCUT2D eigenvalue weighted by atomic mass is 10.1. The normalized spacial score (nSPS) is 24.7. The molecule has 1 aromatic carbocycles. The van der Waals surface area contributed by atoms with Crippen LogP contribution in [-0.2, 0) is 11.2 Å². The van der Waals surface area contributed by atoms with Gasteiger partial charge >= 0.3 is 0 Å². The Morgan fingerprint density at radius 3 is 2.96 bits per heavy atom. The van der Waals surface area contributed by atoms with Crippen LogP contribution in [0.4, 0.5) is 5.82 Å². The first-order valence-corrected chi connectivity index (χ1v) is 9.24. The van der Waals surface area contributed by atoms with Crippen molar-refractivity contribution in [2.45, 2.75) is 37.5 Å². The predicted molar refractivity (Wildman–Crippen MR) is 101 cm³/mol. The van der Waals surface area contributed by atoms with Crippen molar-refractivity contribution in [1.82, 2.24) is 15.3 Å². The molecular formula is C20H26N4O2. The molecule has 0 saturated carbocycles. The number of anilines is 1. The number of nitrogens with zero attached hydrogens (tertiary/aromatic N) is 3. The van der Waals surface area contributed by atoms with Crippen molar-refractivity contribution in [3.05, 3.63) is 47.9 Å². The zero-order valence-electron chi connectivity index (χ0n) is 15.4. The van der Waals surface area contributed by atoms with E-state index < -0.39 is 0 Å². The Morgan fingerprint density at radius 2 is 2.19 bits per heavy atom. The summed E-state index contributed by atoms with van der Waals surface area (Å²) in [6.45, 7) is 1.78. The highest BCUT2D eigenvalue weighted by Gasteiger charge is 2.34. The minimum atomic E-state index is 0.243. The van der Waals surface area contributed by atoms with Crippen molar-refractivity contribution in [2.24, 2.45) is 0 Å². The Balaban J connectivity index is 1.46. The Bertz CT molecular complexity index is 740. The zero-order valence-corrected chi connectivity index (χ0v) is 15.4. The number of hydrogen-bond donors (Lipinski definition) is 1. The van der Waals surface area contributed by atoms with Crippen molar-refractivity contribution >= 4 is 5.82 Å². The van der Waals surface area contributed by atoms with E-state index in [2.05, 4.69) is 38.4 Å². The van der Waals surface area contributed by atoms with Crippen LogP contribution in [-0.4, -0.2) is 49.4 Å². The minimum Gasteiger partial charge on any atom is -0.496 e. The zero-order chi connectivity index (χ0) is 17.9. The first-order chi connectivity index (χ1) is 12.8. The van der Waals surface area contributed by atoms with E-state index in [0.717, 1.165) is 43.9 Å². The van der Waals surface area contributed by atoms with Gasteiger partial charge < -0.3 is 19.7 Å². The topological polar surface area (TPSA) is 59.5 Å². The van der Waals surface area contributed by atoms with Crippen LogP contribution in [0.1, 0.15) is 30.0 Å². The van der Waals surface area contributed by atoms with Crippen LogP contribution < -0.4 is 15.0 Å². The highest BCUT2D eigenvalue weighted by molar-refractivity contribution is 5.45. The van der Waals surface area contributed by atoms with E-state index in [4.69, 9.17) is 9.47 Å². The predicted octanol–water partition coefficient (Wildman–Crippen LogP) is 2.36. The van der Waals surface area contributed by atoms with Gasteiger partial charge in [-0.25, -0.2) is 9.97 Å². The third kappa shape index (κ3) is 3.27. The molecule has 2 aromatic rings. The van der Waals surface area contributed by atoms with Crippen molar-refractivity contribution in [2.75, 3.05) is 32.2 Å². The molecule has 1 N–H and O–H groups in total. The maximum Gasteiger partial charge on any atom is 0.132 e. The molecule has 1 saturated heterocycles. The molecule has 0 spiro atoms. The number of fused-ring (bicyclic) bond motifs is 1. The average molecular weight is 354 g/mol. The quantitative estimate of drug-likeness (QED) is 0.859. The molecular weight excluding hydrogens is 328 g/mol. The van der Waals surface area contributed by atoms with E-state index in [1.165, 1.54) is 11.1 Å². The van der Waals surface area contributed by atoms with E-state index in [1.54, 1.807) is 26.7 Å². The highest BCUT2D eigenvalue weighted by atomic mass is 16.5. The molecule has 0 bridgehead atoms. The van der Waals surface area contributed by atoms with Crippen LogP contribution in [0.2, 0.25) is 0 Å². The second kappa shape index (κ2) is 7.60. The van der Waals surface area contributed by atoms with Crippen LogP contribution in [0.15, 0.2) is 36.8 Å². The molecule has 6 heteroatoms. The highest BCUT2D eigenvalue weighted by Crippen LogP contribution is 2.37. The van der Waals surface area contributed by atoms with Crippen molar-refractivity contribution in [3.63, 3.8) is 0 Å². The van der Waals surface area contributed by atoms with Gasteiger partial charge in [0.25, 0.3) is 0 Å². The molecule has 2 aliphatic rings. The van der Waals surface area contributed by atoms with Crippen LogP contribution >= 0.6 is 0 Å². The Kier molecular flexibility index (Phi) is 5.04. The van der Waals surface area contributed by atoms with Gasteiger partial charge in [0.05, 0.1) is 13.2 Å². The fourth-order valence-corrected chi connectivity index (χ4v) is 4.27. The lowest BCUT2D eigenvalue weighted by Crippen LogP contribution is -2.39. The number of ether oxygens (including phenoxy) is 2. The maximum atomic E-state index is 5.62. The largest absolute Gasteiger partial charge is 0.496 e. The Labute approximate surface area is 154 Å². The average Bonchev–Trinajstić information content (AvgIpc) is 3.30. The smallest absolute Gasteiger partial charge is 0.132 e. The van der Waals surface area contributed by atoms with Gasteiger partial charge in [-0.3, -0.25) is 0 Å². The monoisotopic (exact) mass is 354 g/mol. The second-order valence-corrected chi connectivity index (χ2v) is 6.99. The first-order valence-electron chi connectivity index (χ1n) is 9.24. The minimum absolute atomic E-state index is 0.243. The van der Waals surface area contributed by atoms with Crippen LogP contribution in [0, 0.1) is 0 Å². The molecule has 1 fully saturated rings. The van der Waals surface area contributed by atoms with Crippen LogP contribution in [0.5, 0.6) is 5.75 Å². The number of hydrogen-bond acceptors (Lipinski definition) is 6. The van der Waals surface area contributed by atoms with E-state index in [-0.39, 0.29) is 6.10 Å². The standard InChI is InChI=1S/C20H26N4O2/c1-25-15-10-14(24(12-15)20-8-9-21-13-23-20)11-22-18-7-6-17-16(18)4-3-5-19(17)26-2/h3-5,8-9,13-15,18,22H,6-7,10-12H2,1-2H3/t14-,15-,18?/m1/s1. The number of methoxy groups -OCH3 is 2. The van der Waals surface area contributed by atoms with Crippen molar-refractivity contribution in [3.8, 4) is 5.75 Å². The summed E-state index contributed by atoms with van der Waals surface area (Å²) >= 11 is 0. The summed E-state index contributed by atoms with van der Waals surface area (Å²) in [5, 5.41) is 3.78. The molecule has 26 heavy (non-hydrogen) atoms. The summed E-state index contributed by atoms with van der Waals surface area (Å²) in [4.78, 5) is 10.8. The van der Waals surface area contributed by atoms with Gasteiger partial charge in [-0.05, 0) is 42.5 Å². The summed E-state index contributed by atoms with van der Waals surface area (Å²) < 4.78 is 11.1. The second-order valence-electron chi connectivity index (χ2n) is 6.99. The molecule has 0 amide bonds. The summed E-state index contributed by atoms with van der Waals surface area (Å²) in [7, 11) is 3.54. The molecule has 2 heterocycles. The van der Waals surface area contributed by atoms with Gasteiger partial charge in [0.1, 0.15) is 17.9 Å². The van der Waals surface area contributed by atoms with Crippen molar-refractivity contribution < 1.29 is 9.47 Å². The van der Waals surface area contributed by atoms with Crippen molar-refractivity contribution in [1.29, 1.82) is 0 Å². The van der Waals surface area contributed by atoms with Gasteiger partial charge in [-0.1, -0.05) is 12.1 Å². The molecule has 0 radical (unpaired) electrons.